The minimum Gasteiger partial charge on any atom is -0.331 e. The molecule has 1 saturated heterocycles. The molecule has 1 fully saturated rings. The van der Waals surface area contributed by atoms with Gasteiger partial charge >= 0.3 is 0 Å². The van der Waals surface area contributed by atoms with Crippen LogP contribution in [0, 0.1) is 0 Å². The highest BCUT2D eigenvalue weighted by molar-refractivity contribution is 5.87. The van der Waals surface area contributed by atoms with Crippen molar-refractivity contribution in [3.8, 4) is 0 Å². The summed E-state index contributed by atoms with van der Waals surface area (Å²) >= 11 is 0. The van der Waals surface area contributed by atoms with Crippen molar-refractivity contribution >= 4 is 5.91 Å². The predicted octanol–water partition coefficient (Wildman–Crippen LogP) is 2.34. The second-order valence-electron chi connectivity index (χ2n) is 7.05. The van der Waals surface area contributed by atoms with E-state index in [1.54, 1.807) is 4.90 Å². The third-order valence-corrected chi connectivity index (χ3v) is 5.54. The number of hydrogen-bond acceptors (Lipinski definition) is 1. The highest BCUT2D eigenvalue weighted by atomic mass is 16.2. The second kappa shape index (κ2) is 8.30. The van der Waals surface area contributed by atoms with Crippen molar-refractivity contribution in [2.45, 2.75) is 32.2 Å². The third-order valence-electron chi connectivity index (χ3n) is 5.54. The van der Waals surface area contributed by atoms with E-state index in [4.69, 9.17) is 0 Å². The van der Waals surface area contributed by atoms with Gasteiger partial charge in [0.15, 0.2) is 0 Å². The first-order chi connectivity index (χ1) is 12.2. The van der Waals surface area contributed by atoms with Crippen molar-refractivity contribution in [1.82, 2.24) is 4.90 Å². The van der Waals surface area contributed by atoms with Gasteiger partial charge in [-0.1, -0.05) is 67.6 Å². The van der Waals surface area contributed by atoms with E-state index in [1.165, 1.54) is 6.42 Å². The van der Waals surface area contributed by atoms with Gasteiger partial charge in [-0.3, -0.25) is 4.79 Å². The molecule has 0 radical (unpaired) electrons. The first-order valence-corrected chi connectivity index (χ1v) is 9.44. The number of rotatable bonds is 5. The van der Waals surface area contributed by atoms with Gasteiger partial charge in [0, 0.05) is 0 Å². The molecule has 1 heterocycles. The van der Waals surface area contributed by atoms with E-state index in [0.717, 1.165) is 37.3 Å². The quantitative estimate of drug-likeness (QED) is 0.890. The lowest BCUT2D eigenvalue weighted by molar-refractivity contribution is -0.927. The van der Waals surface area contributed by atoms with Gasteiger partial charge in [0.2, 0.25) is 5.91 Å². The molecular weight excluding hydrogens is 308 g/mol. The van der Waals surface area contributed by atoms with E-state index < -0.39 is 0 Å². The van der Waals surface area contributed by atoms with Crippen LogP contribution >= 0.6 is 0 Å². The van der Waals surface area contributed by atoms with Crippen molar-refractivity contribution in [2.24, 2.45) is 0 Å². The smallest absolute Gasteiger partial charge is 0.234 e. The molecule has 0 spiro atoms. The number of hydrogen-bond donors (Lipinski definition) is 1. The van der Waals surface area contributed by atoms with Gasteiger partial charge < -0.3 is 9.80 Å². The van der Waals surface area contributed by atoms with Crippen LogP contribution in [-0.2, 0) is 4.79 Å². The number of carbonyl (C=O) groups is 1. The molecule has 1 amide bonds. The SMILES string of the molecule is CC[C@H](C)[NH+]1CCN(C(=O)C(c2ccccc2)c2ccccc2)CC1. The molecule has 1 N–H and O–H groups in total. The van der Waals surface area contributed by atoms with Crippen LogP contribution in [0.2, 0.25) is 0 Å². The normalized spacial score (nSPS) is 16.8. The molecule has 1 aliphatic heterocycles. The number of nitrogens with zero attached hydrogens (tertiary/aromatic N) is 1. The molecule has 2 aromatic carbocycles. The first kappa shape index (κ1) is 17.7. The molecule has 1 atom stereocenters. The van der Waals surface area contributed by atoms with Gasteiger partial charge in [0.25, 0.3) is 0 Å². The standard InChI is InChI=1S/C22H28N2O/c1-3-18(2)23-14-16-24(17-15-23)22(25)21(19-10-6-4-7-11-19)20-12-8-5-9-13-20/h4-13,18,21H,3,14-17H2,1-2H3/p+1/t18-/m0/s1. The van der Waals surface area contributed by atoms with Gasteiger partial charge in [-0.25, -0.2) is 0 Å². The van der Waals surface area contributed by atoms with Crippen molar-refractivity contribution in [1.29, 1.82) is 0 Å². The summed E-state index contributed by atoms with van der Waals surface area (Å²) in [5, 5.41) is 0. The molecular formula is C22H29N2O+. The molecule has 0 aliphatic carbocycles. The summed E-state index contributed by atoms with van der Waals surface area (Å²) in [5.41, 5.74) is 2.16. The lowest BCUT2D eigenvalue weighted by atomic mass is 9.90. The number of carbonyl (C=O) groups excluding carboxylic acids is 1. The molecule has 0 saturated carbocycles. The maximum Gasteiger partial charge on any atom is 0.234 e. The van der Waals surface area contributed by atoms with Crippen LogP contribution in [0.5, 0.6) is 0 Å². The lowest BCUT2D eigenvalue weighted by Gasteiger charge is -2.36. The first-order valence-electron chi connectivity index (χ1n) is 9.44. The average molecular weight is 337 g/mol. The second-order valence-corrected chi connectivity index (χ2v) is 7.05. The zero-order valence-electron chi connectivity index (χ0n) is 15.3. The van der Waals surface area contributed by atoms with Crippen LogP contribution in [0.4, 0.5) is 0 Å². The highest BCUT2D eigenvalue weighted by Crippen LogP contribution is 2.26. The monoisotopic (exact) mass is 337 g/mol. The maximum absolute atomic E-state index is 13.4. The van der Waals surface area contributed by atoms with Crippen molar-refractivity contribution in [3.05, 3.63) is 71.8 Å². The summed E-state index contributed by atoms with van der Waals surface area (Å²) in [6.07, 6.45) is 1.19. The van der Waals surface area contributed by atoms with Crippen LogP contribution < -0.4 is 4.90 Å². The number of piperazine rings is 1. The number of quaternary nitrogens is 1. The predicted molar refractivity (Wildman–Crippen MR) is 102 cm³/mol. The van der Waals surface area contributed by atoms with Crippen LogP contribution in [0.15, 0.2) is 60.7 Å². The van der Waals surface area contributed by atoms with E-state index in [1.807, 2.05) is 36.4 Å². The van der Waals surface area contributed by atoms with Gasteiger partial charge in [-0.15, -0.1) is 0 Å². The minimum atomic E-state index is -0.201. The third kappa shape index (κ3) is 4.10. The van der Waals surface area contributed by atoms with E-state index in [9.17, 15) is 4.79 Å². The lowest BCUT2D eigenvalue weighted by Crippen LogP contribution is -3.17. The number of nitrogens with one attached hydrogen (secondary N) is 1. The number of amides is 1. The van der Waals surface area contributed by atoms with Crippen LogP contribution in [0.25, 0.3) is 0 Å². The molecule has 0 aromatic heterocycles. The van der Waals surface area contributed by atoms with Crippen molar-refractivity contribution in [3.63, 3.8) is 0 Å². The summed E-state index contributed by atoms with van der Waals surface area (Å²) < 4.78 is 0. The zero-order valence-corrected chi connectivity index (χ0v) is 15.3. The van der Waals surface area contributed by atoms with E-state index in [0.29, 0.717) is 6.04 Å². The summed E-state index contributed by atoms with van der Waals surface area (Å²) in [6.45, 7) is 8.37. The van der Waals surface area contributed by atoms with Crippen LogP contribution in [0.3, 0.4) is 0 Å². The molecule has 2 aromatic rings. The van der Waals surface area contributed by atoms with Gasteiger partial charge in [-0.2, -0.15) is 0 Å². The molecule has 0 bridgehead atoms. The Morgan fingerprint density at radius 3 is 1.88 bits per heavy atom. The van der Waals surface area contributed by atoms with Crippen molar-refractivity contribution < 1.29 is 9.69 Å². The summed E-state index contributed by atoms with van der Waals surface area (Å²) in [5.74, 6) is 0.0353. The highest BCUT2D eigenvalue weighted by Gasteiger charge is 2.31. The Morgan fingerprint density at radius 2 is 1.44 bits per heavy atom. The maximum atomic E-state index is 13.4. The van der Waals surface area contributed by atoms with E-state index in [2.05, 4.69) is 43.0 Å². The Morgan fingerprint density at radius 1 is 0.960 bits per heavy atom. The fourth-order valence-electron chi connectivity index (χ4n) is 3.75. The zero-order chi connectivity index (χ0) is 17.6. The average Bonchev–Trinajstić information content (AvgIpc) is 2.69. The van der Waals surface area contributed by atoms with Crippen LogP contribution in [0.1, 0.15) is 37.3 Å². The molecule has 25 heavy (non-hydrogen) atoms. The minimum absolute atomic E-state index is 0.201. The van der Waals surface area contributed by atoms with E-state index >= 15 is 0 Å². The fraction of sp³-hybridized carbons (Fsp3) is 0.409. The Kier molecular flexibility index (Phi) is 5.87. The molecule has 1 aliphatic rings. The fourth-order valence-corrected chi connectivity index (χ4v) is 3.75. The molecule has 3 nitrogen and oxygen atoms in total. The summed E-state index contributed by atoms with van der Waals surface area (Å²) in [7, 11) is 0. The topological polar surface area (TPSA) is 24.8 Å². The summed E-state index contributed by atoms with van der Waals surface area (Å²) in [6, 6.07) is 21.0. The molecule has 3 heteroatoms. The van der Waals surface area contributed by atoms with Gasteiger partial charge in [-0.05, 0) is 24.5 Å². The van der Waals surface area contributed by atoms with Crippen molar-refractivity contribution in [2.75, 3.05) is 26.2 Å². The number of benzene rings is 2. The Bertz CT molecular complexity index is 623. The Labute approximate surface area is 151 Å². The van der Waals surface area contributed by atoms with Crippen LogP contribution in [-0.4, -0.2) is 43.0 Å². The van der Waals surface area contributed by atoms with Gasteiger partial charge in [0.05, 0.1) is 38.1 Å². The Balaban J connectivity index is 1.79. The molecule has 3 rings (SSSR count). The molecule has 132 valence electrons. The summed E-state index contributed by atoms with van der Waals surface area (Å²) in [4.78, 5) is 17.1. The van der Waals surface area contributed by atoms with E-state index in [-0.39, 0.29) is 11.8 Å². The Hall–Kier alpha value is -2.13. The largest absolute Gasteiger partial charge is 0.331 e. The van der Waals surface area contributed by atoms with Gasteiger partial charge in [0.1, 0.15) is 0 Å². The molecule has 0 unspecified atom stereocenters.